The number of alkyl carbamates (subject to hydrolysis) is 1. The molecule has 0 bridgehead atoms. The minimum atomic E-state index is -4.05. The molecule has 0 spiro atoms. The molecule has 3 fully saturated rings. The number of likely N-dealkylation sites (tertiary alicyclic amines) is 1. The first kappa shape index (κ1) is 35.4. The lowest BCUT2D eigenvalue weighted by molar-refractivity contribution is -0.0907. The summed E-state index contributed by atoms with van der Waals surface area (Å²) >= 11 is 0. The third kappa shape index (κ3) is 9.58. The van der Waals surface area contributed by atoms with Crippen molar-refractivity contribution in [2.75, 3.05) is 63.5 Å². The predicted octanol–water partition coefficient (Wildman–Crippen LogP) is 3.27. The Kier molecular flexibility index (Phi) is 12.4. The smallest absolute Gasteiger partial charge is 0.407 e. The third-order valence-corrected chi connectivity index (χ3v) is 11.0. The molecule has 0 aromatic heterocycles. The molecule has 47 heavy (non-hydrogen) atoms. The van der Waals surface area contributed by atoms with Crippen LogP contribution in [0.2, 0.25) is 0 Å². The third-order valence-electron chi connectivity index (χ3n) is 9.12. The molecule has 5 N–H and O–H groups in total. The van der Waals surface area contributed by atoms with Gasteiger partial charge in [0.15, 0.2) is 6.29 Å². The average Bonchev–Trinajstić information content (AvgIpc) is 3.67. The quantitative estimate of drug-likeness (QED) is 0.207. The molecule has 3 heterocycles. The van der Waals surface area contributed by atoms with Crippen molar-refractivity contribution >= 4 is 27.5 Å². The summed E-state index contributed by atoms with van der Waals surface area (Å²) < 4.78 is 46.4. The van der Waals surface area contributed by atoms with Gasteiger partial charge in [-0.05, 0) is 68.5 Å². The van der Waals surface area contributed by atoms with E-state index in [0.717, 1.165) is 31.6 Å². The largest absolute Gasteiger partial charge is 0.443 e. The van der Waals surface area contributed by atoms with Crippen molar-refractivity contribution in [2.45, 2.75) is 75.4 Å². The van der Waals surface area contributed by atoms with Gasteiger partial charge in [0.25, 0.3) is 0 Å². The number of nitrogens with two attached hydrogens (primary N) is 1. The highest BCUT2D eigenvalue weighted by molar-refractivity contribution is 7.89. The Morgan fingerprint density at radius 3 is 2.62 bits per heavy atom. The fourth-order valence-corrected chi connectivity index (χ4v) is 8.21. The number of benzene rings is 2. The van der Waals surface area contributed by atoms with Gasteiger partial charge in [-0.1, -0.05) is 50.6 Å². The van der Waals surface area contributed by atoms with E-state index in [1.807, 2.05) is 44.2 Å². The molecule has 260 valence electrons. The highest BCUT2D eigenvalue weighted by atomic mass is 32.2. The summed E-state index contributed by atoms with van der Waals surface area (Å²) in [6.45, 7) is 8.22. The van der Waals surface area contributed by atoms with Gasteiger partial charge in [0, 0.05) is 26.2 Å². The first-order valence-corrected chi connectivity index (χ1v) is 18.3. The zero-order valence-corrected chi connectivity index (χ0v) is 28.4. The van der Waals surface area contributed by atoms with Crippen molar-refractivity contribution in [2.24, 2.45) is 11.8 Å². The van der Waals surface area contributed by atoms with Crippen molar-refractivity contribution in [3.63, 3.8) is 0 Å². The van der Waals surface area contributed by atoms with Crippen molar-refractivity contribution in [1.82, 2.24) is 14.5 Å². The van der Waals surface area contributed by atoms with Crippen LogP contribution >= 0.6 is 0 Å². The highest BCUT2D eigenvalue weighted by Crippen LogP contribution is 2.33. The fourth-order valence-electron chi connectivity index (χ4n) is 6.57. The second kappa shape index (κ2) is 16.4. The summed E-state index contributed by atoms with van der Waals surface area (Å²) in [6.07, 6.45) is 1.91. The lowest BCUT2D eigenvalue weighted by Crippen LogP contribution is -2.51. The summed E-state index contributed by atoms with van der Waals surface area (Å²) in [7, 11) is -4.05. The molecule has 2 aromatic carbocycles. The number of aliphatic hydroxyl groups excluding tert-OH is 1. The van der Waals surface area contributed by atoms with Crippen LogP contribution in [0.5, 0.6) is 0 Å². The Hall–Kier alpha value is -2.94. The topological polar surface area (TPSA) is 156 Å². The zero-order valence-electron chi connectivity index (χ0n) is 27.6. The second-order valence-electron chi connectivity index (χ2n) is 13.3. The average molecular weight is 674 g/mol. The number of carbonyl (C=O) groups excluding carboxylic acids is 1. The number of nitrogens with one attached hydrogen (secondary N) is 2. The number of hydrogen-bond donors (Lipinski definition) is 4. The Labute approximate surface area is 279 Å². The van der Waals surface area contributed by atoms with Gasteiger partial charge in [-0.15, -0.1) is 0 Å². The van der Waals surface area contributed by atoms with Crippen LogP contribution in [0.1, 0.15) is 45.1 Å². The Morgan fingerprint density at radius 2 is 1.87 bits per heavy atom. The maximum atomic E-state index is 14.1. The number of amides is 1. The molecule has 3 aliphatic heterocycles. The molecule has 0 aliphatic carbocycles. The van der Waals surface area contributed by atoms with E-state index in [4.69, 9.17) is 19.9 Å². The first-order chi connectivity index (χ1) is 22.6. The maximum absolute atomic E-state index is 14.1. The number of fused-ring (bicyclic) bond motifs is 1. The Bertz CT molecular complexity index is 1410. The van der Waals surface area contributed by atoms with Crippen LogP contribution in [0.15, 0.2) is 53.4 Å². The number of anilines is 2. The standard InChI is InChI=1S/C34H51N5O7S/c1-24(2)21-39(47(42,43)26-11-12-28(35)29(20-26)36-14-17-38-15-7-4-8-16-38)22-31(40)30(19-25-9-5-3-6-10-25)37-34(41)46-32-23-45-33-27(32)13-18-44-33/h3,5-6,9-12,20,24,27,30-33,36,40H,4,7-8,13-19,21-23,35H2,1-2H3,(H,37,41)/t27-,30-,31+,32-,33+/m0/s1. The van der Waals surface area contributed by atoms with Gasteiger partial charge in [0.2, 0.25) is 10.0 Å². The van der Waals surface area contributed by atoms with Crippen LogP contribution in [0.4, 0.5) is 16.2 Å². The lowest BCUT2D eigenvalue weighted by Gasteiger charge is -2.31. The summed E-state index contributed by atoms with van der Waals surface area (Å²) in [5.41, 5.74) is 8.15. The normalized spacial score (nSPS) is 23.0. The van der Waals surface area contributed by atoms with Crippen molar-refractivity contribution in [3.05, 3.63) is 54.1 Å². The number of carbonyl (C=O) groups is 1. The molecular formula is C34H51N5O7S. The van der Waals surface area contributed by atoms with Crippen LogP contribution in [-0.4, -0.2) is 106 Å². The summed E-state index contributed by atoms with van der Waals surface area (Å²) in [4.78, 5) is 15.6. The van der Waals surface area contributed by atoms with Gasteiger partial charge >= 0.3 is 6.09 Å². The molecule has 2 aromatic rings. The molecule has 0 unspecified atom stereocenters. The van der Waals surface area contributed by atoms with E-state index in [2.05, 4.69) is 15.5 Å². The van der Waals surface area contributed by atoms with E-state index < -0.39 is 34.4 Å². The molecule has 1 amide bonds. The molecule has 0 saturated carbocycles. The van der Waals surface area contributed by atoms with Crippen molar-refractivity contribution in [3.8, 4) is 0 Å². The van der Waals surface area contributed by atoms with Gasteiger partial charge < -0.3 is 40.6 Å². The van der Waals surface area contributed by atoms with Gasteiger partial charge in [-0.25, -0.2) is 13.2 Å². The van der Waals surface area contributed by atoms with E-state index in [1.54, 1.807) is 12.1 Å². The zero-order chi connectivity index (χ0) is 33.4. The molecule has 0 radical (unpaired) electrons. The minimum Gasteiger partial charge on any atom is -0.443 e. The number of nitrogen functional groups attached to an aromatic ring is 1. The monoisotopic (exact) mass is 673 g/mol. The van der Waals surface area contributed by atoms with Crippen LogP contribution in [-0.2, 0) is 30.7 Å². The van der Waals surface area contributed by atoms with Crippen LogP contribution < -0.4 is 16.4 Å². The molecule has 3 saturated heterocycles. The van der Waals surface area contributed by atoms with Crippen molar-refractivity contribution < 1.29 is 32.5 Å². The van der Waals surface area contributed by atoms with Gasteiger partial charge in [-0.2, -0.15) is 4.31 Å². The van der Waals surface area contributed by atoms with Gasteiger partial charge in [-0.3, -0.25) is 0 Å². The van der Waals surface area contributed by atoms with E-state index in [9.17, 15) is 18.3 Å². The number of hydrogen-bond acceptors (Lipinski definition) is 10. The van der Waals surface area contributed by atoms with Crippen LogP contribution in [0, 0.1) is 11.8 Å². The predicted molar refractivity (Wildman–Crippen MR) is 180 cm³/mol. The minimum absolute atomic E-state index is 0.0256. The number of sulfonamides is 1. The fraction of sp³-hybridized carbons (Fsp3) is 0.618. The maximum Gasteiger partial charge on any atom is 0.407 e. The van der Waals surface area contributed by atoms with Crippen molar-refractivity contribution in [1.29, 1.82) is 0 Å². The number of piperidine rings is 1. The van der Waals surface area contributed by atoms with Gasteiger partial charge in [0.05, 0.1) is 47.5 Å². The number of aliphatic hydroxyl groups is 1. The van der Waals surface area contributed by atoms with E-state index in [0.29, 0.717) is 24.5 Å². The molecule has 13 heteroatoms. The van der Waals surface area contributed by atoms with Gasteiger partial charge in [0.1, 0.15) is 6.10 Å². The number of nitrogens with zero attached hydrogens (tertiary/aromatic N) is 2. The molecule has 5 rings (SSSR count). The molecule has 5 atom stereocenters. The summed E-state index contributed by atoms with van der Waals surface area (Å²) in [6, 6.07) is 13.3. The summed E-state index contributed by atoms with van der Waals surface area (Å²) in [5, 5.41) is 17.8. The van der Waals surface area contributed by atoms with Crippen LogP contribution in [0.3, 0.4) is 0 Å². The SMILES string of the molecule is CC(C)CN(C[C@@H](O)[C@H](Cc1ccccc1)NC(=O)O[C@H]1CO[C@H]2OCC[C@H]21)S(=O)(=O)c1ccc(N)c(NCCN2CCCCC2)c1. The Morgan fingerprint density at radius 1 is 1.11 bits per heavy atom. The summed E-state index contributed by atoms with van der Waals surface area (Å²) in [5.74, 6) is -0.0590. The van der Waals surface area contributed by atoms with E-state index in [-0.39, 0.29) is 49.1 Å². The highest BCUT2D eigenvalue weighted by Gasteiger charge is 2.44. The Balaban J connectivity index is 1.29. The molecular weight excluding hydrogens is 622 g/mol. The van der Waals surface area contributed by atoms with E-state index in [1.165, 1.54) is 29.6 Å². The molecule has 12 nitrogen and oxygen atoms in total. The lowest BCUT2D eigenvalue weighted by atomic mass is 10.0. The van der Waals surface area contributed by atoms with Crippen LogP contribution in [0.25, 0.3) is 0 Å². The second-order valence-corrected chi connectivity index (χ2v) is 15.2. The van der Waals surface area contributed by atoms with E-state index >= 15 is 0 Å². The first-order valence-electron chi connectivity index (χ1n) is 16.9. The number of rotatable bonds is 15. The molecule has 3 aliphatic rings. The number of ether oxygens (including phenoxy) is 3.